The van der Waals surface area contributed by atoms with E-state index in [1.807, 2.05) is 24.3 Å². The van der Waals surface area contributed by atoms with Gasteiger partial charge in [-0.2, -0.15) is 18.4 Å². The molecule has 0 aliphatic rings. The van der Waals surface area contributed by atoms with E-state index in [0.29, 0.717) is 10.8 Å². The van der Waals surface area contributed by atoms with E-state index in [0.717, 1.165) is 26.8 Å². The molecule has 1 atom stereocenters. The zero-order valence-corrected chi connectivity index (χ0v) is 18.8. The van der Waals surface area contributed by atoms with Gasteiger partial charge in [0.1, 0.15) is 10.9 Å². The van der Waals surface area contributed by atoms with Crippen LogP contribution in [0, 0.1) is 11.3 Å². The number of thiophene rings is 1. The Morgan fingerprint density at radius 3 is 2.65 bits per heavy atom. The van der Waals surface area contributed by atoms with Gasteiger partial charge in [0.05, 0.1) is 7.11 Å². The van der Waals surface area contributed by atoms with Crippen LogP contribution in [0.4, 0.5) is 19.2 Å². The van der Waals surface area contributed by atoms with Crippen LogP contribution in [-0.4, -0.2) is 33.6 Å². The van der Waals surface area contributed by atoms with E-state index in [4.69, 9.17) is 9.15 Å². The van der Waals surface area contributed by atoms with Gasteiger partial charge in [-0.15, -0.1) is 16.4 Å². The van der Waals surface area contributed by atoms with Gasteiger partial charge in [0.2, 0.25) is 11.5 Å². The number of nitriles is 1. The Hall–Kier alpha value is -3.69. The van der Waals surface area contributed by atoms with Crippen molar-refractivity contribution in [1.29, 1.82) is 5.26 Å². The quantitative estimate of drug-likeness (QED) is 0.373. The fourth-order valence-corrected chi connectivity index (χ4v) is 4.46. The third kappa shape index (κ3) is 4.15. The molecule has 0 radical (unpaired) electrons. The number of ether oxygens (including phenoxy) is 1. The van der Waals surface area contributed by atoms with Gasteiger partial charge in [-0.1, -0.05) is 24.2 Å². The number of hydrogen-bond donors (Lipinski definition) is 2. The van der Waals surface area contributed by atoms with Crippen molar-refractivity contribution >= 4 is 27.4 Å². The van der Waals surface area contributed by atoms with Crippen LogP contribution in [0.3, 0.4) is 0 Å². The second-order valence-electron chi connectivity index (χ2n) is 7.32. The summed E-state index contributed by atoms with van der Waals surface area (Å²) < 4.78 is 50.5. The van der Waals surface area contributed by atoms with Crippen LogP contribution in [-0.2, 0) is 12.1 Å². The first kappa shape index (κ1) is 23.5. The van der Waals surface area contributed by atoms with Gasteiger partial charge < -0.3 is 19.6 Å². The Morgan fingerprint density at radius 1 is 1.24 bits per heavy atom. The molecule has 2 N–H and O–H groups in total. The average Bonchev–Trinajstić information content (AvgIpc) is 3.46. The van der Waals surface area contributed by atoms with Crippen molar-refractivity contribution in [2.24, 2.45) is 0 Å². The summed E-state index contributed by atoms with van der Waals surface area (Å²) >= 11 is 1.32. The molecule has 8 nitrogen and oxygen atoms in total. The van der Waals surface area contributed by atoms with Crippen LogP contribution in [0.5, 0.6) is 5.88 Å². The second-order valence-corrected chi connectivity index (χ2v) is 8.37. The first-order chi connectivity index (χ1) is 16.2. The maximum atomic E-state index is 13.2. The highest BCUT2D eigenvalue weighted by Crippen LogP contribution is 2.41. The van der Waals surface area contributed by atoms with E-state index in [-0.39, 0.29) is 12.6 Å². The molecular weight excluding hydrogens is 471 g/mol. The lowest BCUT2D eigenvalue weighted by Gasteiger charge is -2.25. The third-order valence-electron chi connectivity index (χ3n) is 5.29. The molecule has 4 aromatic rings. The summed E-state index contributed by atoms with van der Waals surface area (Å²) in [5.41, 5.74) is -0.888. The summed E-state index contributed by atoms with van der Waals surface area (Å²) in [6, 6.07) is 11.1. The molecule has 3 heterocycles. The molecule has 34 heavy (non-hydrogen) atoms. The molecule has 0 aliphatic carbocycles. The number of nitrogens with zero attached hydrogens (tertiary/aromatic N) is 4. The fourth-order valence-electron chi connectivity index (χ4n) is 3.38. The van der Waals surface area contributed by atoms with Gasteiger partial charge >= 0.3 is 12.2 Å². The Kier molecular flexibility index (Phi) is 6.16. The standard InChI is InChI=1S/C22H18F3N5O3S/c1-3-21(31,22(23,24)25)19-29-30-20(33-19)28-10-12-4-6-14-15(8-12)34-16(9-26)18(14)13-5-7-17(32-2)27-11-13/h4-8,11,31H,3,10H2,1-2H3,(H,28,30). The van der Waals surface area contributed by atoms with E-state index < -0.39 is 24.1 Å². The van der Waals surface area contributed by atoms with E-state index >= 15 is 0 Å². The number of methoxy groups -OCH3 is 1. The molecule has 176 valence electrons. The highest BCUT2D eigenvalue weighted by Gasteiger charge is 2.57. The van der Waals surface area contributed by atoms with E-state index in [2.05, 4.69) is 26.6 Å². The normalized spacial score (nSPS) is 13.4. The summed E-state index contributed by atoms with van der Waals surface area (Å²) in [5.74, 6) is -0.456. The SMILES string of the molecule is CCC(O)(c1nnc(NCc2ccc3c(-c4ccc(OC)nc4)c(C#N)sc3c2)o1)C(F)(F)F. The van der Waals surface area contributed by atoms with Crippen LogP contribution in [0.15, 0.2) is 40.9 Å². The molecule has 0 aliphatic heterocycles. The van der Waals surface area contributed by atoms with E-state index in [1.54, 1.807) is 12.3 Å². The van der Waals surface area contributed by atoms with Crippen molar-refractivity contribution in [1.82, 2.24) is 15.2 Å². The lowest BCUT2D eigenvalue weighted by molar-refractivity contribution is -0.275. The zero-order valence-electron chi connectivity index (χ0n) is 18.0. The van der Waals surface area contributed by atoms with Gasteiger partial charge in [0.25, 0.3) is 5.89 Å². The molecule has 0 saturated heterocycles. The minimum absolute atomic E-state index is 0.174. The smallest absolute Gasteiger partial charge is 0.426 e. The molecule has 0 saturated carbocycles. The van der Waals surface area contributed by atoms with Crippen LogP contribution >= 0.6 is 11.3 Å². The lowest BCUT2D eigenvalue weighted by Crippen LogP contribution is -2.42. The Bertz CT molecular complexity index is 1360. The molecule has 12 heteroatoms. The lowest BCUT2D eigenvalue weighted by atomic mass is 10.0. The molecule has 0 bridgehead atoms. The molecule has 0 fully saturated rings. The second kappa shape index (κ2) is 8.92. The Morgan fingerprint density at radius 2 is 2.03 bits per heavy atom. The number of rotatable bonds is 7. The first-order valence-electron chi connectivity index (χ1n) is 10.0. The fraction of sp³-hybridized carbons (Fsp3) is 0.273. The largest absolute Gasteiger partial charge is 0.481 e. The molecular formula is C22H18F3N5O3S. The van der Waals surface area contributed by atoms with Crippen molar-refractivity contribution in [3.8, 4) is 23.1 Å². The van der Waals surface area contributed by atoms with Crippen molar-refractivity contribution in [2.75, 3.05) is 12.4 Å². The van der Waals surface area contributed by atoms with Gasteiger partial charge in [-0.3, -0.25) is 0 Å². The maximum absolute atomic E-state index is 13.2. The van der Waals surface area contributed by atoms with Crippen LogP contribution in [0.2, 0.25) is 0 Å². The summed E-state index contributed by atoms with van der Waals surface area (Å²) in [5, 5.41) is 30.1. The highest BCUT2D eigenvalue weighted by atomic mass is 32.1. The van der Waals surface area contributed by atoms with Gasteiger partial charge in [-0.05, 0) is 24.1 Å². The summed E-state index contributed by atoms with van der Waals surface area (Å²) in [7, 11) is 1.52. The first-order valence-corrected chi connectivity index (χ1v) is 10.8. The van der Waals surface area contributed by atoms with Gasteiger partial charge in [0.15, 0.2) is 0 Å². The Balaban J connectivity index is 1.57. The van der Waals surface area contributed by atoms with Crippen LogP contribution in [0.25, 0.3) is 21.2 Å². The minimum atomic E-state index is -4.95. The zero-order chi connectivity index (χ0) is 24.5. The average molecular weight is 489 g/mol. The topological polar surface area (TPSA) is 117 Å². The molecule has 1 aromatic carbocycles. The summed E-state index contributed by atoms with van der Waals surface area (Å²) in [6.07, 6.45) is -3.98. The maximum Gasteiger partial charge on any atom is 0.426 e. The number of aliphatic hydroxyl groups is 1. The van der Waals surface area contributed by atoms with Crippen molar-refractivity contribution in [3.63, 3.8) is 0 Å². The Labute approximate surface area is 195 Å². The van der Waals surface area contributed by atoms with Gasteiger partial charge in [0, 0.05) is 40.0 Å². The number of alkyl halides is 3. The summed E-state index contributed by atoms with van der Waals surface area (Å²) in [4.78, 5) is 4.74. The number of aromatic nitrogens is 3. The van der Waals surface area contributed by atoms with E-state index in [1.165, 1.54) is 25.4 Å². The number of fused-ring (bicyclic) bond motifs is 1. The van der Waals surface area contributed by atoms with E-state index in [9.17, 15) is 23.5 Å². The number of benzene rings is 1. The van der Waals surface area contributed by atoms with Crippen molar-refractivity contribution in [3.05, 3.63) is 52.9 Å². The van der Waals surface area contributed by atoms with Crippen LogP contribution < -0.4 is 10.1 Å². The number of nitrogens with one attached hydrogen (secondary N) is 1. The number of anilines is 1. The van der Waals surface area contributed by atoms with Crippen molar-refractivity contribution < 1.29 is 27.4 Å². The molecule has 0 amide bonds. The number of hydrogen-bond acceptors (Lipinski definition) is 9. The molecule has 3 aromatic heterocycles. The highest BCUT2D eigenvalue weighted by molar-refractivity contribution is 7.20. The monoisotopic (exact) mass is 489 g/mol. The number of pyridine rings is 1. The molecule has 0 spiro atoms. The molecule has 4 rings (SSSR count). The van der Waals surface area contributed by atoms with Crippen molar-refractivity contribution in [2.45, 2.75) is 31.7 Å². The van der Waals surface area contributed by atoms with Crippen LogP contribution in [0.1, 0.15) is 29.7 Å². The third-order valence-corrected chi connectivity index (χ3v) is 6.35. The van der Waals surface area contributed by atoms with Gasteiger partial charge in [-0.25, -0.2) is 4.98 Å². The minimum Gasteiger partial charge on any atom is -0.481 e. The predicted molar refractivity (Wildman–Crippen MR) is 118 cm³/mol. The number of halogens is 3. The molecule has 1 unspecified atom stereocenters. The summed E-state index contributed by atoms with van der Waals surface area (Å²) in [6.45, 7) is 1.35. The predicted octanol–water partition coefficient (Wildman–Crippen LogP) is 5.00.